The van der Waals surface area contributed by atoms with E-state index in [-0.39, 0.29) is 18.3 Å². The summed E-state index contributed by atoms with van der Waals surface area (Å²) in [5.74, 6) is -0.0887. The van der Waals surface area contributed by atoms with E-state index in [0.29, 0.717) is 0 Å². The maximum absolute atomic E-state index is 12.4. The van der Waals surface area contributed by atoms with Gasteiger partial charge >= 0.3 is 0 Å². The summed E-state index contributed by atoms with van der Waals surface area (Å²) < 4.78 is 1.69. The van der Waals surface area contributed by atoms with Gasteiger partial charge < -0.3 is 10.6 Å². The summed E-state index contributed by atoms with van der Waals surface area (Å²) in [6, 6.07) is 5.59. The Morgan fingerprint density at radius 1 is 1.33 bits per heavy atom. The average molecular weight is 309 g/mol. The first-order valence-corrected chi connectivity index (χ1v) is 6.55. The zero-order valence-corrected chi connectivity index (χ0v) is 13.5. The molecule has 0 aliphatic rings. The van der Waals surface area contributed by atoms with Crippen molar-refractivity contribution in [3.63, 3.8) is 0 Å². The summed E-state index contributed by atoms with van der Waals surface area (Å²) in [4.78, 5) is 12.4. The van der Waals surface area contributed by atoms with E-state index in [1.807, 2.05) is 45.3 Å². The van der Waals surface area contributed by atoms with E-state index < -0.39 is 6.04 Å². The van der Waals surface area contributed by atoms with Crippen LogP contribution in [0.25, 0.3) is 0 Å². The summed E-state index contributed by atoms with van der Waals surface area (Å²) in [6.07, 6.45) is 3.54. The second kappa shape index (κ2) is 7.24. The van der Waals surface area contributed by atoms with E-state index in [1.165, 1.54) is 0 Å². The molecule has 1 aromatic heterocycles. The number of hydrogen-bond acceptors (Lipinski definition) is 3. The molecule has 2 aromatic rings. The number of aromatic nitrogens is 2. The maximum atomic E-state index is 12.4. The second-order valence-electron chi connectivity index (χ2n) is 4.98. The van der Waals surface area contributed by atoms with Crippen LogP contribution in [-0.2, 0) is 11.8 Å². The number of nitrogens with one attached hydrogen (secondary N) is 2. The highest BCUT2D eigenvalue weighted by Crippen LogP contribution is 2.19. The van der Waals surface area contributed by atoms with Gasteiger partial charge in [-0.25, -0.2) is 0 Å². The minimum absolute atomic E-state index is 0. The predicted octanol–water partition coefficient (Wildman–Crippen LogP) is 2.36. The van der Waals surface area contributed by atoms with Crippen molar-refractivity contribution < 1.29 is 4.79 Å². The monoisotopic (exact) mass is 308 g/mol. The zero-order valence-electron chi connectivity index (χ0n) is 12.7. The van der Waals surface area contributed by atoms with Crippen molar-refractivity contribution in [3.8, 4) is 0 Å². The van der Waals surface area contributed by atoms with Crippen LogP contribution in [0.5, 0.6) is 0 Å². The molecule has 5 nitrogen and oxygen atoms in total. The molecule has 21 heavy (non-hydrogen) atoms. The highest BCUT2D eigenvalue weighted by Gasteiger charge is 2.20. The average Bonchev–Trinajstić information content (AvgIpc) is 2.81. The number of amides is 1. The van der Waals surface area contributed by atoms with Gasteiger partial charge in [0.15, 0.2) is 0 Å². The molecule has 0 aliphatic heterocycles. The molecule has 0 aliphatic carbocycles. The number of benzene rings is 1. The lowest BCUT2D eigenvalue weighted by Gasteiger charge is -2.16. The van der Waals surface area contributed by atoms with Crippen molar-refractivity contribution in [2.45, 2.75) is 19.9 Å². The molecule has 1 heterocycles. The third-order valence-electron chi connectivity index (χ3n) is 3.26. The van der Waals surface area contributed by atoms with Gasteiger partial charge in [-0.05, 0) is 38.1 Å². The Morgan fingerprint density at radius 2 is 2.05 bits per heavy atom. The molecule has 1 unspecified atom stereocenters. The summed E-state index contributed by atoms with van der Waals surface area (Å²) in [7, 11) is 3.60. The number of anilines is 1. The van der Waals surface area contributed by atoms with Crippen LogP contribution >= 0.6 is 12.4 Å². The number of carbonyl (C=O) groups is 1. The molecule has 6 heteroatoms. The maximum Gasteiger partial charge on any atom is 0.246 e. The number of carbonyl (C=O) groups excluding carboxylic acids is 1. The van der Waals surface area contributed by atoms with Crippen LogP contribution in [0.1, 0.15) is 22.7 Å². The fourth-order valence-corrected chi connectivity index (χ4v) is 2.11. The molecule has 1 aromatic carbocycles. The van der Waals surface area contributed by atoms with Gasteiger partial charge in [-0.3, -0.25) is 9.48 Å². The summed E-state index contributed by atoms with van der Waals surface area (Å²) in [5.41, 5.74) is 3.86. The Kier molecular flexibility index (Phi) is 5.93. The fraction of sp³-hybridized carbons (Fsp3) is 0.333. The molecule has 1 amide bonds. The van der Waals surface area contributed by atoms with Gasteiger partial charge in [0.25, 0.3) is 0 Å². The van der Waals surface area contributed by atoms with E-state index in [4.69, 9.17) is 0 Å². The lowest BCUT2D eigenvalue weighted by atomic mass is 10.1. The van der Waals surface area contributed by atoms with Gasteiger partial charge in [0.2, 0.25) is 5.91 Å². The van der Waals surface area contributed by atoms with Crippen LogP contribution in [0, 0.1) is 13.8 Å². The smallest absolute Gasteiger partial charge is 0.246 e. The van der Waals surface area contributed by atoms with E-state index in [1.54, 1.807) is 17.9 Å². The first-order chi connectivity index (χ1) is 9.51. The number of likely N-dealkylation sites (N-methyl/N-ethyl adjacent to an activating group) is 1. The van der Waals surface area contributed by atoms with Gasteiger partial charge in [-0.15, -0.1) is 12.4 Å². The molecular weight excluding hydrogens is 288 g/mol. The molecule has 0 saturated carbocycles. The highest BCUT2D eigenvalue weighted by atomic mass is 35.5. The lowest BCUT2D eigenvalue weighted by Crippen LogP contribution is -2.30. The SMILES string of the molecule is CNC(C(=O)Nc1cc(C)ccc1C)c1cnn(C)c1.Cl. The van der Waals surface area contributed by atoms with E-state index in [0.717, 1.165) is 22.4 Å². The summed E-state index contributed by atoms with van der Waals surface area (Å²) in [5, 5.41) is 10.1. The third-order valence-corrected chi connectivity index (χ3v) is 3.26. The molecule has 0 bridgehead atoms. The van der Waals surface area contributed by atoms with Crippen molar-refractivity contribution >= 4 is 24.0 Å². The molecule has 0 spiro atoms. The van der Waals surface area contributed by atoms with Crippen LogP contribution in [0.3, 0.4) is 0 Å². The molecule has 114 valence electrons. The van der Waals surface area contributed by atoms with Crippen LogP contribution in [0.2, 0.25) is 0 Å². The van der Waals surface area contributed by atoms with Crippen LogP contribution in [-0.4, -0.2) is 22.7 Å². The van der Waals surface area contributed by atoms with Gasteiger partial charge in [0.05, 0.1) is 6.20 Å². The first kappa shape index (κ1) is 17.2. The molecule has 0 radical (unpaired) electrons. The molecule has 0 saturated heterocycles. The Bertz CT molecular complexity index is 624. The predicted molar refractivity (Wildman–Crippen MR) is 86.8 cm³/mol. The summed E-state index contributed by atoms with van der Waals surface area (Å²) >= 11 is 0. The summed E-state index contributed by atoms with van der Waals surface area (Å²) in [6.45, 7) is 3.99. The highest BCUT2D eigenvalue weighted by molar-refractivity contribution is 5.96. The number of nitrogens with zero attached hydrogens (tertiary/aromatic N) is 2. The van der Waals surface area contributed by atoms with E-state index >= 15 is 0 Å². The van der Waals surface area contributed by atoms with Crippen molar-refractivity contribution in [2.24, 2.45) is 7.05 Å². The fourth-order valence-electron chi connectivity index (χ4n) is 2.11. The zero-order chi connectivity index (χ0) is 14.7. The minimum Gasteiger partial charge on any atom is -0.324 e. The Balaban J connectivity index is 0.00000220. The molecule has 1 atom stereocenters. The molecule has 2 N–H and O–H groups in total. The van der Waals surface area contributed by atoms with Crippen LogP contribution in [0.15, 0.2) is 30.6 Å². The van der Waals surface area contributed by atoms with Gasteiger partial charge in [0, 0.05) is 24.5 Å². The largest absolute Gasteiger partial charge is 0.324 e. The Labute approximate surface area is 131 Å². The van der Waals surface area contributed by atoms with Gasteiger partial charge in [-0.1, -0.05) is 12.1 Å². The number of halogens is 1. The van der Waals surface area contributed by atoms with E-state index in [9.17, 15) is 4.79 Å². The van der Waals surface area contributed by atoms with Gasteiger partial charge in [0.1, 0.15) is 6.04 Å². The van der Waals surface area contributed by atoms with Crippen molar-refractivity contribution in [3.05, 3.63) is 47.3 Å². The van der Waals surface area contributed by atoms with E-state index in [2.05, 4.69) is 15.7 Å². The number of hydrogen-bond donors (Lipinski definition) is 2. The normalized spacial score (nSPS) is 11.6. The van der Waals surface area contributed by atoms with Crippen molar-refractivity contribution in [1.29, 1.82) is 0 Å². The Hall–Kier alpha value is -1.85. The molecule has 0 fully saturated rings. The molecule has 2 rings (SSSR count). The Morgan fingerprint density at radius 3 is 2.62 bits per heavy atom. The topological polar surface area (TPSA) is 59.0 Å². The molecular formula is C15H21ClN4O. The number of rotatable bonds is 4. The van der Waals surface area contributed by atoms with Crippen molar-refractivity contribution in [1.82, 2.24) is 15.1 Å². The van der Waals surface area contributed by atoms with Crippen LogP contribution in [0.4, 0.5) is 5.69 Å². The lowest BCUT2D eigenvalue weighted by molar-refractivity contribution is -0.118. The quantitative estimate of drug-likeness (QED) is 0.911. The van der Waals surface area contributed by atoms with Gasteiger partial charge in [-0.2, -0.15) is 5.10 Å². The minimum atomic E-state index is -0.413. The third kappa shape index (κ3) is 4.06. The first-order valence-electron chi connectivity index (χ1n) is 6.55. The van der Waals surface area contributed by atoms with Crippen LogP contribution < -0.4 is 10.6 Å². The van der Waals surface area contributed by atoms with Crippen molar-refractivity contribution in [2.75, 3.05) is 12.4 Å². The second-order valence-corrected chi connectivity index (χ2v) is 4.98. The standard InChI is InChI=1S/C15H20N4O.ClH/c1-10-5-6-11(2)13(7-10)18-15(20)14(16-3)12-8-17-19(4)9-12;/h5-9,14,16H,1-4H3,(H,18,20);1H. The number of aryl methyl sites for hydroxylation is 3.